The zero-order valence-corrected chi connectivity index (χ0v) is 11.3. The summed E-state index contributed by atoms with van der Waals surface area (Å²) in [5.74, 6) is 1.22. The number of aryl methyl sites for hydroxylation is 1. The van der Waals surface area contributed by atoms with Crippen LogP contribution in [0.5, 0.6) is 0 Å². The number of nitrogens with zero attached hydrogens (tertiary/aromatic N) is 2. The third-order valence-corrected chi connectivity index (χ3v) is 3.39. The molecule has 1 heterocycles. The van der Waals surface area contributed by atoms with Crippen LogP contribution in [0.25, 0.3) is 11.3 Å². The number of nitrogen functional groups attached to an aromatic ring is 1. The van der Waals surface area contributed by atoms with Gasteiger partial charge in [0, 0.05) is 23.5 Å². The molecule has 17 heavy (non-hydrogen) atoms. The highest BCUT2D eigenvalue weighted by Crippen LogP contribution is 2.32. The van der Waals surface area contributed by atoms with Gasteiger partial charge in [-0.25, -0.2) is 9.37 Å². The summed E-state index contributed by atoms with van der Waals surface area (Å²) in [5.41, 5.74) is 7.50. The lowest BCUT2D eigenvalue weighted by molar-refractivity contribution is 0.627. The molecule has 2 aromatic rings. The first-order valence-electron chi connectivity index (χ1n) is 5.31. The van der Waals surface area contributed by atoms with Crippen LogP contribution in [0.4, 0.5) is 10.2 Å². The third-order valence-electron chi connectivity index (χ3n) is 2.73. The van der Waals surface area contributed by atoms with Crippen molar-refractivity contribution in [1.82, 2.24) is 9.55 Å². The summed E-state index contributed by atoms with van der Waals surface area (Å²) in [6.45, 7) is 2.02. The molecule has 0 fully saturated rings. The molecule has 5 heteroatoms. The first kappa shape index (κ1) is 12.1. The number of halogens is 2. The zero-order chi connectivity index (χ0) is 12.6. The number of rotatable bonds is 2. The van der Waals surface area contributed by atoms with Crippen LogP contribution in [0.15, 0.2) is 22.7 Å². The topological polar surface area (TPSA) is 43.8 Å². The van der Waals surface area contributed by atoms with Gasteiger partial charge < -0.3 is 10.3 Å². The smallest absolute Gasteiger partial charge is 0.131 e. The maximum absolute atomic E-state index is 13.0. The van der Waals surface area contributed by atoms with Gasteiger partial charge in [-0.15, -0.1) is 0 Å². The van der Waals surface area contributed by atoms with Crippen LogP contribution in [0.2, 0.25) is 0 Å². The fraction of sp³-hybridized carbons (Fsp3) is 0.250. The van der Waals surface area contributed by atoms with Crippen molar-refractivity contribution in [3.05, 3.63) is 34.3 Å². The van der Waals surface area contributed by atoms with Crippen molar-refractivity contribution in [2.24, 2.45) is 7.05 Å². The maximum atomic E-state index is 13.0. The van der Waals surface area contributed by atoms with Crippen LogP contribution >= 0.6 is 15.9 Å². The summed E-state index contributed by atoms with van der Waals surface area (Å²) in [6, 6.07) is 4.49. The fourth-order valence-electron chi connectivity index (χ4n) is 1.76. The molecule has 0 saturated carbocycles. The molecule has 2 N–H and O–H groups in total. The van der Waals surface area contributed by atoms with E-state index in [2.05, 4.69) is 20.9 Å². The van der Waals surface area contributed by atoms with Crippen molar-refractivity contribution in [3.63, 3.8) is 0 Å². The lowest BCUT2D eigenvalue weighted by atomic mass is 10.1. The number of hydrogen-bond acceptors (Lipinski definition) is 2. The summed E-state index contributed by atoms with van der Waals surface area (Å²) in [5, 5.41) is 0. The molecule has 0 unspecified atom stereocenters. The van der Waals surface area contributed by atoms with E-state index >= 15 is 0 Å². The van der Waals surface area contributed by atoms with Crippen LogP contribution in [-0.4, -0.2) is 9.55 Å². The Hall–Kier alpha value is -1.36. The Bertz CT molecular complexity index is 563. The van der Waals surface area contributed by atoms with Gasteiger partial charge in [0.25, 0.3) is 0 Å². The highest BCUT2D eigenvalue weighted by atomic mass is 79.9. The van der Waals surface area contributed by atoms with Crippen molar-refractivity contribution >= 4 is 21.7 Å². The first-order valence-corrected chi connectivity index (χ1v) is 6.10. The van der Waals surface area contributed by atoms with E-state index in [9.17, 15) is 4.39 Å². The van der Waals surface area contributed by atoms with Gasteiger partial charge in [0.1, 0.15) is 23.2 Å². The van der Waals surface area contributed by atoms with Crippen LogP contribution in [0, 0.1) is 5.82 Å². The Morgan fingerprint density at radius 1 is 1.47 bits per heavy atom. The van der Waals surface area contributed by atoms with Crippen LogP contribution in [0.1, 0.15) is 12.7 Å². The minimum absolute atomic E-state index is 0.286. The highest BCUT2D eigenvalue weighted by Gasteiger charge is 2.15. The standard InChI is InChI=1S/C12H13BrFN3/c1-3-10-16-11(12(15)17(10)2)8-5-4-7(14)6-9(8)13/h4-6H,3,15H2,1-2H3. The van der Waals surface area contributed by atoms with E-state index in [4.69, 9.17) is 5.73 Å². The molecule has 0 aliphatic rings. The fourth-order valence-corrected chi connectivity index (χ4v) is 2.29. The molecule has 1 aromatic heterocycles. The molecular weight excluding hydrogens is 285 g/mol. The van der Waals surface area contributed by atoms with Gasteiger partial charge in [0.05, 0.1) is 0 Å². The predicted octanol–water partition coefficient (Wildman–Crippen LogP) is 3.13. The molecule has 0 aliphatic carbocycles. The van der Waals surface area contributed by atoms with E-state index in [0.717, 1.165) is 17.8 Å². The zero-order valence-electron chi connectivity index (χ0n) is 9.67. The monoisotopic (exact) mass is 297 g/mol. The number of aromatic nitrogens is 2. The van der Waals surface area contributed by atoms with Crippen molar-refractivity contribution in [1.29, 1.82) is 0 Å². The minimum Gasteiger partial charge on any atom is -0.383 e. The van der Waals surface area contributed by atoms with E-state index in [1.54, 1.807) is 6.07 Å². The van der Waals surface area contributed by atoms with Gasteiger partial charge in [-0.05, 0) is 34.1 Å². The summed E-state index contributed by atoms with van der Waals surface area (Å²) in [7, 11) is 1.88. The second kappa shape index (κ2) is 4.49. The normalized spacial score (nSPS) is 10.8. The van der Waals surface area contributed by atoms with E-state index in [0.29, 0.717) is 16.0 Å². The summed E-state index contributed by atoms with van der Waals surface area (Å²) in [4.78, 5) is 4.47. The number of hydrogen-bond donors (Lipinski definition) is 1. The first-order chi connectivity index (χ1) is 8.04. The van der Waals surface area contributed by atoms with Gasteiger partial charge in [-0.3, -0.25) is 0 Å². The lowest BCUT2D eigenvalue weighted by Gasteiger charge is -2.03. The average molecular weight is 298 g/mol. The van der Waals surface area contributed by atoms with Gasteiger partial charge in [0.15, 0.2) is 0 Å². The van der Waals surface area contributed by atoms with Crippen LogP contribution < -0.4 is 5.73 Å². The molecule has 2 rings (SSSR count). The third kappa shape index (κ3) is 2.07. The van der Waals surface area contributed by atoms with Gasteiger partial charge >= 0.3 is 0 Å². The van der Waals surface area contributed by atoms with Crippen molar-refractivity contribution in [2.45, 2.75) is 13.3 Å². The Morgan fingerprint density at radius 3 is 2.71 bits per heavy atom. The molecule has 1 aromatic carbocycles. The van der Waals surface area contributed by atoms with Gasteiger partial charge in [-0.1, -0.05) is 6.92 Å². The van der Waals surface area contributed by atoms with Gasteiger partial charge in [0.2, 0.25) is 0 Å². The van der Waals surface area contributed by atoms with E-state index in [-0.39, 0.29) is 5.82 Å². The largest absolute Gasteiger partial charge is 0.383 e. The van der Waals surface area contributed by atoms with Crippen molar-refractivity contribution < 1.29 is 4.39 Å². The SMILES string of the molecule is CCc1nc(-c2ccc(F)cc2Br)c(N)n1C. The molecule has 0 saturated heterocycles. The molecule has 0 aliphatic heterocycles. The van der Waals surface area contributed by atoms with E-state index in [1.165, 1.54) is 12.1 Å². The van der Waals surface area contributed by atoms with Crippen LogP contribution in [0.3, 0.4) is 0 Å². The number of benzene rings is 1. The van der Waals surface area contributed by atoms with Crippen LogP contribution in [-0.2, 0) is 13.5 Å². The second-order valence-corrected chi connectivity index (χ2v) is 4.65. The Balaban J connectivity index is 2.60. The molecule has 90 valence electrons. The Morgan fingerprint density at radius 2 is 2.18 bits per heavy atom. The summed E-state index contributed by atoms with van der Waals surface area (Å²) >= 11 is 3.33. The molecule has 0 amide bonds. The number of imidazole rings is 1. The van der Waals surface area contributed by atoms with E-state index < -0.39 is 0 Å². The molecule has 0 spiro atoms. The van der Waals surface area contributed by atoms with E-state index in [1.807, 2.05) is 18.5 Å². The average Bonchev–Trinajstić information content (AvgIpc) is 2.57. The summed E-state index contributed by atoms with van der Waals surface area (Å²) < 4.78 is 15.5. The maximum Gasteiger partial charge on any atom is 0.131 e. The molecular formula is C12H13BrFN3. The highest BCUT2D eigenvalue weighted by molar-refractivity contribution is 9.10. The number of nitrogens with two attached hydrogens (primary N) is 1. The minimum atomic E-state index is -0.286. The molecule has 0 bridgehead atoms. The summed E-state index contributed by atoms with van der Waals surface area (Å²) in [6.07, 6.45) is 0.805. The van der Waals surface area contributed by atoms with Crippen molar-refractivity contribution in [2.75, 3.05) is 5.73 Å². The quantitative estimate of drug-likeness (QED) is 0.925. The predicted molar refractivity (Wildman–Crippen MR) is 70.1 cm³/mol. The number of anilines is 1. The van der Waals surface area contributed by atoms with Gasteiger partial charge in [-0.2, -0.15) is 0 Å². The van der Waals surface area contributed by atoms with Crippen molar-refractivity contribution in [3.8, 4) is 11.3 Å². The Kier molecular flexibility index (Phi) is 3.19. The second-order valence-electron chi connectivity index (χ2n) is 3.80. The molecule has 0 atom stereocenters. The lowest BCUT2D eigenvalue weighted by Crippen LogP contribution is -2.00. The Labute approximate surface area is 108 Å². The molecule has 0 radical (unpaired) electrons. The molecule has 3 nitrogen and oxygen atoms in total.